The fourth-order valence-electron chi connectivity index (χ4n) is 3.16. The van der Waals surface area contributed by atoms with Crippen LogP contribution in [-0.4, -0.2) is 44.4 Å². The minimum Gasteiger partial charge on any atom is -0.393 e. The highest BCUT2D eigenvalue weighted by Gasteiger charge is 2.28. The highest BCUT2D eigenvalue weighted by Crippen LogP contribution is 2.30. The number of fused-ring (bicyclic) bond motifs is 1. The Kier molecular flexibility index (Phi) is 3.46. The Hall–Kier alpha value is -2.47. The van der Waals surface area contributed by atoms with Gasteiger partial charge < -0.3 is 10.0 Å². The van der Waals surface area contributed by atoms with E-state index < -0.39 is 0 Å². The lowest BCUT2D eigenvalue weighted by atomic mass is 9.82. The van der Waals surface area contributed by atoms with E-state index >= 15 is 0 Å². The summed E-state index contributed by atoms with van der Waals surface area (Å²) in [6.45, 7) is 0.893. The van der Waals surface area contributed by atoms with Gasteiger partial charge in [0.1, 0.15) is 12.1 Å². The number of nitrogens with zero attached hydrogens (tertiary/aromatic N) is 5. The van der Waals surface area contributed by atoms with Crippen LogP contribution < -0.4 is 4.90 Å². The SMILES string of the molecule is CN(CC1CC(O)C1)c1cc(-c2ccccc2)nc2ncnn12. The maximum Gasteiger partial charge on any atom is 0.254 e. The molecule has 0 saturated heterocycles. The van der Waals surface area contributed by atoms with Crippen LogP contribution in [0.3, 0.4) is 0 Å². The molecule has 0 unspecified atom stereocenters. The predicted molar refractivity (Wildman–Crippen MR) is 88.2 cm³/mol. The number of rotatable bonds is 4. The van der Waals surface area contributed by atoms with Gasteiger partial charge in [0.05, 0.1) is 11.8 Å². The van der Waals surface area contributed by atoms with Gasteiger partial charge in [0.25, 0.3) is 5.78 Å². The topological polar surface area (TPSA) is 66.5 Å². The van der Waals surface area contributed by atoms with Gasteiger partial charge in [-0.2, -0.15) is 14.6 Å². The molecule has 2 heterocycles. The normalized spacial score (nSPS) is 20.4. The predicted octanol–water partition coefficient (Wildman–Crippen LogP) is 2.00. The summed E-state index contributed by atoms with van der Waals surface area (Å²) in [5, 5.41) is 13.8. The number of hydrogen-bond donors (Lipinski definition) is 1. The molecule has 1 fully saturated rings. The molecule has 1 aromatic carbocycles. The molecule has 0 atom stereocenters. The van der Waals surface area contributed by atoms with Crippen molar-refractivity contribution in [3.05, 3.63) is 42.7 Å². The number of aliphatic hydroxyl groups excluding tert-OH is 1. The first-order valence-electron chi connectivity index (χ1n) is 7.86. The maximum atomic E-state index is 9.48. The van der Waals surface area contributed by atoms with Crippen molar-refractivity contribution in [2.24, 2.45) is 5.92 Å². The summed E-state index contributed by atoms with van der Waals surface area (Å²) in [5.74, 6) is 2.09. The van der Waals surface area contributed by atoms with Crippen LogP contribution in [0, 0.1) is 5.92 Å². The molecule has 0 amide bonds. The van der Waals surface area contributed by atoms with E-state index in [-0.39, 0.29) is 6.10 Å². The number of hydrogen-bond acceptors (Lipinski definition) is 5. The standard InChI is InChI=1S/C17H19N5O/c1-21(10-12-7-14(23)8-12)16-9-15(13-5-3-2-4-6-13)20-17-18-11-19-22(16)17/h2-6,9,11-12,14,23H,7-8,10H2,1H3. The van der Waals surface area contributed by atoms with Crippen molar-refractivity contribution in [2.45, 2.75) is 18.9 Å². The molecule has 118 valence electrons. The van der Waals surface area contributed by atoms with E-state index in [0.29, 0.717) is 11.7 Å². The molecule has 1 saturated carbocycles. The smallest absolute Gasteiger partial charge is 0.254 e. The van der Waals surface area contributed by atoms with Crippen LogP contribution in [-0.2, 0) is 0 Å². The summed E-state index contributed by atoms with van der Waals surface area (Å²) in [6, 6.07) is 12.1. The first-order valence-corrected chi connectivity index (χ1v) is 7.86. The Balaban J connectivity index is 1.71. The van der Waals surface area contributed by atoms with E-state index in [0.717, 1.165) is 36.5 Å². The molecular formula is C17H19N5O. The Morgan fingerprint density at radius 2 is 2.04 bits per heavy atom. The van der Waals surface area contributed by atoms with Gasteiger partial charge in [0, 0.05) is 25.2 Å². The lowest BCUT2D eigenvalue weighted by Crippen LogP contribution is -2.37. The van der Waals surface area contributed by atoms with Gasteiger partial charge >= 0.3 is 0 Å². The van der Waals surface area contributed by atoms with E-state index in [4.69, 9.17) is 0 Å². The molecule has 4 rings (SSSR count). The van der Waals surface area contributed by atoms with Crippen LogP contribution in [0.4, 0.5) is 5.82 Å². The monoisotopic (exact) mass is 309 g/mol. The summed E-state index contributed by atoms with van der Waals surface area (Å²) in [6.07, 6.45) is 3.15. The summed E-state index contributed by atoms with van der Waals surface area (Å²) >= 11 is 0. The molecule has 0 radical (unpaired) electrons. The highest BCUT2D eigenvalue weighted by molar-refractivity contribution is 5.65. The molecule has 0 bridgehead atoms. The van der Waals surface area contributed by atoms with Gasteiger partial charge in [-0.15, -0.1) is 0 Å². The van der Waals surface area contributed by atoms with Crippen LogP contribution >= 0.6 is 0 Å². The quantitative estimate of drug-likeness (QED) is 0.798. The third-order valence-electron chi connectivity index (χ3n) is 4.44. The van der Waals surface area contributed by atoms with Gasteiger partial charge in [-0.3, -0.25) is 0 Å². The average Bonchev–Trinajstić information content (AvgIpc) is 3.01. The molecular weight excluding hydrogens is 290 g/mol. The van der Waals surface area contributed by atoms with Crippen LogP contribution in [0.15, 0.2) is 42.7 Å². The van der Waals surface area contributed by atoms with Crippen molar-refractivity contribution in [2.75, 3.05) is 18.5 Å². The summed E-state index contributed by atoms with van der Waals surface area (Å²) in [4.78, 5) is 11.0. The fraction of sp³-hybridized carbons (Fsp3) is 0.353. The van der Waals surface area contributed by atoms with E-state index in [9.17, 15) is 5.11 Å². The van der Waals surface area contributed by atoms with Gasteiger partial charge in [-0.05, 0) is 18.8 Å². The van der Waals surface area contributed by atoms with Crippen LogP contribution in [0.5, 0.6) is 0 Å². The molecule has 0 spiro atoms. The lowest BCUT2D eigenvalue weighted by Gasteiger charge is -2.35. The summed E-state index contributed by atoms with van der Waals surface area (Å²) in [5.41, 5.74) is 1.95. The summed E-state index contributed by atoms with van der Waals surface area (Å²) in [7, 11) is 2.05. The molecule has 1 N–H and O–H groups in total. The zero-order chi connectivity index (χ0) is 15.8. The van der Waals surface area contributed by atoms with Gasteiger partial charge in [-0.25, -0.2) is 4.98 Å². The highest BCUT2D eigenvalue weighted by atomic mass is 16.3. The third kappa shape index (κ3) is 2.66. The second kappa shape index (κ2) is 5.62. The van der Waals surface area contributed by atoms with Crippen LogP contribution in [0.25, 0.3) is 17.0 Å². The Labute approximate surface area is 134 Å². The van der Waals surface area contributed by atoms with E-state index in [1.807, 2.05) is 36.4 Å². The van der Waals surface area contributed by atoms with Gasteiger partial charge in [0.15, 0.2) is 0 Å². The van der Waals surface area contributed by atoms with Crippen molar-refractivity contribution in [1.29, 1.82) is 0 Å². The largest absolute Gasteiger partial charge is 0.393 e. The molecule has 1 aliphatic rings. The molecule has 23 heavy (non-hydrogen) atoms. The number of aromatic nitrogens is 4. The van der Waals surface area contributed by atoms with Gasteiger partial charge in [-0.1, -0.05) is 30.3 Å². The van der Waals surface area contributed by atoms with Crippen molar-refractivity contribution in [1.82, 2.24) is 19.6 Å². The van der Waals surface area contributed by atoms with Crippen LogP contribution in [0.1, 0.15) is 12.8 Å². The first kappa shape index (κ1) is 14.1. The van der Waals surface area contributed by atoms with E-state index in [1.54, 1.807) is 4.52 Å². The zero-order valence-electron chi connectivity index (χ0n) is 13.0. The third-order valence-corrected chi connectivity index (χ3v) is 4.44. The Morgan fingerprint density at radius 3 is 2.78 bits per heavy atom. The molecule has 6 nitrogen and oxygen atoms in total. The van der Waals surface area contributed by atoms with Crippen molar-refractivity contribution in [3.63, 3.8) is 0 Å². The zero-order valence-corrected chi connectivity index (χ0v) is 13.0. The average molecular weight is 309 g/mol. The molecule has 6 heteroatoms. The number of aliphatic hydroxyl groups is 1. The van der Waals surface area contributed by atoms with E-state index in [2.05, 4.69) is 27.0 Å². The number of benzene rings is 1. The Bertz CT molecular complexity index is 810. The van der Waals surface area contributed by atoms with E-state index in [1.165, 1.54) is 6.33 Å². The minimum atomic E-state index is -0.128. The maximum absolute atomic E-state index is 9.48. The first-order chi connectivity index (χ1) is 11.2. The lowest BCUT2D eigenvalue weighted by molar-refractivity contribution is 0.0464. The van der Waals surface area contributed by atoms with Crippen molar-refractivity contribution < 1.29 is 5.11 Å². The van der Waals surface area contributed by atoms with Crippen molar-refractivity contribution in [3.8, 4) is 11.3 Å². The van der Waals surface area contributed by atoms with Gasteiger partial charge in [0.2, 0.25) is 0 Å². The fourth-order valence-corrected chi connectivity index (χ4v) is 3.16. The molecule has 3 aromatic rings. The van der Waals surface area contributed by atoms with Crippen molar-refractivity contribution >= 4 is 11.6 Å². The second-order valence-corrected chi connectivity index (χ2v) is 6.21. The molecule has 2 aromatic heterocycles. The van der Waals surface area contributed by atoms with Crippen LogP contribution in [0.2, 0.25) is 0 Å². The molecule has 0 aliphatic heterocycles. The molecule has 1 aliphatic carbocycles. The number of anilines is 1. The Morgan fingerprint density at radius 1 is 1.26 bits per heavy atom. The summed E-state index contributed by atoms with van der Waals surface area (Å²) < 4.78 is 1.77. The minimum absolute atomic E-state index is 0.128. The second-order valence-electron chi connectivity index (χ2n) is 6.21.